The Kier molecular flexibility index (Phi) is 16.1. The van der Waals surface area contributed by atoms with Crippen molar-refractivity contribution in [3.8, 4) is 69.0 Å². The Hall–Kier alpha value is -10.4. The van der Waals surface area contributed by atoms with Crippen LogP contribution in [0.2, 0.25) is 0 Å². The van der Waals surface area contributed by atoms with E-state index in [-0.39, 0.29) is 39.2 Å². The quantitative estimate of drug-likeness (QED) is 0.0674. The molecule has 0 atom stereocenters. The van der Waals surface area contributed by atoms with Gasteiger partial charge in [-0.2, -0.15) is 0 Å². The Morgan fingerprint density at radius 1 is 0.186 bits per heavy atom. The average molecular weight is 1220 g/mol. The van der Waals surface area contributed by atoms with Crippen molar-refractivity contribution < 1.29 is 62.1 Å². The van der Waals surface area contributed by atoms with Crippen LogP contribution in [-0.4, -0.2) is 33.7 Å². The van der Waals surface area contributed by atoms with Crippen molar-refractivity contribution >= 4 is 50.7 Å². The number of hydrogen-bond acceptors (Lipinski definition) is 16. The molecule has 0 radical (unpaired) electrons. The second-order valence-electron chi connectivity index (χ2n) is 19.0. The topological polar surface area (TPSA) is 244 Å². The molecule has 0 amide bonds. The lowest BCUT2D eigenvalue weighted by atomic mass is 10.3. The zero-order valence-electron chi connectivity index (χ0n) is 44.9. The van der Waals surface area contributed by atoms with Gasteiger partial charge in [0.05, 0.1) is 39.2 Å². The molecular formula is C66H48N2O14S4. The highest BCUT2D eigenvalue weighted by Crippen LogP contribution is 2.35. The average Bonchev–Trinajstić information content (AvgIpc) is 2.14. The minimum Gasteiger partial charge on any atom is -0.457 e. The molecule has 11 aromatic rings. The lowest BCUT2D eigenvalue weighted by Gasteiger charge is -2.11. The van der Waals surface area contributed by atoms with Gasteiger partial charge in [0.15, 0.2) is 0 Å². The van der Waals surface area contributed by atoms with Gasteiger partial charge in [-0.05, 0) is 243 Å². The largest absolute Gasteiger partial charge is 0.457 e. The molecule has 0 fully saturated rings. The highest BCUT2D eigenvalue weighted by atomic mass is 32.2. The predicted octanol–water partition coefficient (Wildman–Crippen LogP) is 14.9. The van der Waals surface area contributed by atoms with Crippen molar-refractivity contribution in [2.24, 2.45) is 0 Å². The van der Waals surface area contributed by atoms with Gasteiger partial charge < -0.3 is 39.9 Å². The molecule has 11 aromatic carbocycles. The third-order valence-corrected chi connectivity index (χ3v) is 20.2. The van der Waals surface area contributed by atoms with E-state index in [0.29, 0.717) is 80.4 Å². The first-order valence-corrected chi connectivity index (χ1v) is 32.0. The molecule has 0 saturated carbocycles. The normalized spacial score (nSPS) is 11.7. The van der Waals surface area contributed by atoms with Crippen molar-refractivity contribution in [3.63, 3.8) is 0 Å². The lowest BCUT2D eigenvalue weighted by Crippen LogP contribution is -2.02. The van der Waals surface area contributed by atoms with Crippen molar-refractivity contribution in [2.45, 2.75) is 39.2 Å². The summed E-state index contributed by atoms with van der Waals surface area (Å²) in [6.07, 6.45) is 0. The van der Waals surface area contributed by atoms with E-state index in [2.05, 4.69) is 0 Å². The van der Waals surface area contributed by atoms with E-state index in [1.54, 1.807) is 109 Å². The fourth-order valence-corrected chi connectivity index (χ4v) is 13.6. The van der Waals surface area contributed by atoms with E-state index in [9.17, 15) is 33.7 Å². The summed E-state index contributed by atoms with van der Waals surface area (Å²) in [7, 11) is -15.6. The SMILES string of the molecule is Nc1cccc(Oc2ccc(S(=O)(=O)c3ccc(Oc4ccc(Oc5ccc(S(=O)(=O)c6ccc(Oc7ccc(S(=O)(=O)c8ccc(Oc9ccc(S(=O)(=O)c%10ccc(Oc%11cccc(N)c%11)cc%10)cc9)cc8)cc7)cc6)cc5)cc4)cc3)cc2)c1. The third kappa shape index (κ3) is 13.2. The Morgan fingerprint density at radius 2 is 0.326 bits per heavy atom. The Labute approximate surface area is 496 Å². The molecule has 0 bridgehead atoms. The van der Waals surface area contributed by atoms with Gasteiger partial charge in [0.2, 0.25) is 39.3 Å². The molecule has 0 unspecified atom stereocenters. The zero-order valence-corrected chi connectivity index (χ0v) is 48.2. The van der Waals surface area contributed by atoms with Crippen LogP contribution in [0.25, 0.3) is 0 Å². The molecule has 16 nitrogen and oxygen atoms in total. The van der Waals surface area contributed by atoms with Crippen LogP contribution in [0.15, 0.2) is 306 Å². The van der Waals surface area contributed by atoms with Crippen molar-refractivity contribution in [1.82, 2.24) is 0 Å². The Morgan fingerprint density at radius 3 is 0.477 bits per heavy atom. The summed E-state index contributed by atoms with van der Waals surface area (Å²) in [5, 5.41) is 0. The Balaban J connectivity index is 0.641. The van der Waals surface area contributed by atoms with E-state index in [4.69, 9.17) is 39.9 Å². The fraction of sp³-hybridized carbons (Fsp3) is 0. The number of nitrogen functional groups attached to an aromatic ring is 2. The molecule has 0 aliphatic rings. The fourth-order valence-electron chi connectivity index (χ4n) is 8.59. The summed E-state index contributed by atoms with van der Waals surface area (Å²) >= 11 is 0. The van der Waals surface area contributed by atoms with Gasteiger partial charge in [-0.25, -0.2) is 33.7 Å². The van der Waals surface area contributed by atoms with E-state index in [1.807, 2.05) is 0 Å². The van der Waals surface area contributed by atoms with Crippen LogP contribution in [0.1, 0.15) is 0 Å². The van der Waals surface area contributed by atoms with Gasteiger partial charge in [0, 0.05) is 23.5 Å². The number of hydrogen-bond donors (Lipinski definition) is 2. The van der Waals surface area contributed by atoms with E-state index in [1.165, 1.54) is 158 Å². The van der Waals surface area contributed by atoms with Crippen LogP contribution in [0.5, 0.6) is 69.0 Å². The monoisotopic (exact) mass is 1220 g/mol. The molecule has 0 saturated heterocycles. The summed E-state index contributed by atoms with van der Waals surface area (Å²) in [4.78, 5) is 0.340. The maximum absolute atomic E-state index is 13.6. The van der Waals surface area contributed by atoms with Crippen LogP contribution in [-0.2, 0) is 39.3 Å². The second kappa shape index (κ2) is 24.1. The van der Waals surface area contributed by atoms with E-state index >= 15 is 0 Å². The molecule has 0 aliphatic heterocycles. The minimum absolute atomic E-state index is 0.000290. The van der Waals surface area contributed by atoms with Gasteiger partial charge in [-0.1, -0.05) is 12.1 Å². The summed E-state index contributed by atoms with van der Waals surface area (Å²) < 4.78 is 143. The molecule has 20 heteroatoms. The Bertz CT molecular complexity index is 4690. The summed E-state index contributed by atoms with van der Waals surface area (Å²) in [6, 6.07) is 67.7. The number of nitrogens with two attached hydrogens (primary N) is 2. The minimum atomic E-state index is -3.97. The number of anilines is 2. The smallest absolute Gasteiger partial charge is 0.206 e. The molecule has 11 rings (SSSR count). The first kappa shape index (κ1) is 57.4. The summed E-state index contributed by atoms with van der Waals surface area (Å²) in [5.41, 5.74) is 12.7. The van der Waals surface area contributed by atoms with Crippen LogP contribution in [0.3, 0.4) is 0 Å². The lowest BCUT2D eigenvalue weighted by molar-refractivity contribution is 0.469. The number of ether oxygens (including phenoxy) is 6. The maximum Gasteiger partial charge on any atom is 0.206 e. The number of benzene rings is 11. The standard InChI is InChI=1S/C66H48N2O14S4/c67-45-3-1-5-57(43-45)81-55-23-39-65(40-24-55)85(73,74)60-29-13-50(14-30-60)78-48-9-7-47(8-10-48)77-49-11-27-59(28-12-49)83(69,70)61-31-15-51(16-32-61)79-52-17-33-62(34-18-52)84(71,72)63-35-19-53(20-36-63)80-54-21-37-64(38-22-54)86(75,76)66-41-25-56(26-42-66)82-58-6-2-4-46(68)44-58/h1-44H,67-68H2. The molecule has 0 heterocycles. The van der Waals surface area contributed by atoms with Crippen molar-refractivity contribution in [2.75, 3.05) is 11.5 Å². The molecule has 4 N–H and O–H groups in total. The van der Waals surface area contributed by atoms with E-state index in [0.717, 1.165) is 0 Å². The maximum atomic E-state index is 13.6. The second-order valence-corrected chi connectivity index (χ2v) is 26.8. The summed E-state index contributed by atoms with van der Waals surface area (Å²) in [6.45, 7) is 0. The first-order chi connectivity index (χ1) is 41.3. The third-order valence-electron chi connectivity index (χ3n) is 13.0. The van der Waals surface area contributed by atoms with Gasteiger partial charge in [0.1, 0.15) is 69.0 Å². The van der Waals surface area contributed by atoms with Gasteiger partial charge >= 0.3 is 0 Å². The van der Waals surface area contributed by atoms with Crippen molar-refractivity contribution in [1.29, 1.82) is 0 Å². The van der Waals surface area contributed by atoms with Crippen LogP contribution in [0, 0.1) is 0 Å². The van der Waals surface area contributed by atoms with Gasteiger partial charge in [-0.15, -0.1) is 0 Å². The molecule has 0 aromatic heterocycles. The number of sulfone groups is 4. The molecular weight excluding hydrogens is 1170 g/mol. The van der Waals surface area contributed by atoms with Crippen molar-refractivity contribution in [3.05, 3.63) is 267 Å². The van der Waals surface area contributed by atoms with Gasteiger partial charge in [-0.3, -0.25) is 0 Å². The highest BCUT2D eigenvalue weighted by Gasteiger charge is 2.23. The zero-order chi connectivity index (χ0) is 60.1. The highest BCUT2D eigenvalue weighted by molar-refractivity contribution is 7.92. The van der Waals surface area contributed by atoms with Gasteiger partial charge in [0.25, 0.3) is 0 Å². The molecule has 0 aliphatic carbocycles. The van der Waals surface area contributed by atoms with Crippen LogP contribution < -0.4 is 39.9 Å². The molecule has 0 spiro atoms. The first-order valence-electron chi connectivity index (χ1n) is 26.0. The predicted molar refractivity (Wildman–Crippen MR) is 322 cm³/mol. The summed E-state index contributed by atoms with van der Waals surface area (Å²) in [5.74, 6) is 4.90. The van der Waals surface area contributed by atoms with E-state index < -0.39 is 39.3 Å². The molecule has 430 valence electrons. The van der Waals surface area contributed by atoms with Crippen LogP contribution >= 0.6 is 0 Å². The van der Waals surface area contributed by atoms with Crippen LogP contribution in [0.4, 0.5) is 11.4 Å². The number of rotatable bonds is 20. The molecule has 86 heavy (non-hydrogen) atoms.